The zero-order chi connectivity index (χ0) is 12.3. The summed E-state index contributed by atoms with van der Waals surface area (Å²) in [5.74, 6) is 0. The molecule has 2 aromatic rings. The number of carbonyl (C=O) groups is 1. The number of benzene rings is 1. The highest BCUT2D eigenvalue weighted by atomic mass is 16.2. The topological polar surface area (TPSA) is 69.8 Å². The minimum Gasteiger partial charge on any atom is -0.308 e. The van der Waals surface area contributed by atoms with Crippen LogP contribution in [0.1, 0.15) is 5.69 Å². The Labute approximate surface area is 100 Å². The summed E-state index contributed by atoms with van der Waals surface area (Å²) in [7, 11) is 5.55. The van der Waals surface area contributed by atoms with Crippen LogP contribution in [0.5, 0.6) is 0 Å². The van der Waals surface area contributed by atoms with Gasteiger partial charge in [0.05, 0.1) is 17.6 Å². The van der Waals surface area contributed by atoms with Crippen molar-refractivity contribution >= 4 is 30.7 Å². The standard InChI is InChI=1S/C11H11BN4O/c1-7-10(6-13-16-7)15-11(17)14-9-4-2-8(12)3-5-9/h2-6H,1H3,(H,13,16)(H2,14,15,17). The molecule has 0 aliphatic carbocycles. The molecule has 1 aromatic carbocycles. The lowest BCUT2D eigenvalue weighted by atomic mass is 9.96. The molecule has 0 spiro atoms. The van der Waals surface area contributed by atoms with E-state index in [1.165, 1.54) is 0 Å². The molecule has 3 N–H and O–H groups in total. The number of H-pyrrole nitrogens is 1. The van der Waals surface area contributed by atoms with Gasteiger partial charge in [-0.05, 0) is 19.1 Å². The third-order valence-corrected chi connectivity index (χ3v) is 2.25. The summed E-state index contributed by atoms with van der Waals surface area (Å²) < 4.78 is 0. The van der Waals surface area contributed by atoms with E-state index in [2.05, 4.69) is 20.8 Å². The van der Waals surface area contributed by atoms with Gasteiger partial charge in [-0.1, -0.05) is 17.6 Å². The lowest BCUT2D eigenvalue weighted by Gasteiger charge is -2.06. The minimum atomic E-state index is -0.320. The first-order valence-corrected chi connectivity index (χ1v) is 5.08. The van der Waals surface area contributed by atoms with Crippen molar-refractivity contribution in [1.29, 1.82) is 0 Å². The molecule has 1 aromatic heterocycles. The predicted octanol–water partition coefficient (Wildman–Crippen LogP) is 1.16. The molecule has 0 aliphatic heterocycles. The van der Waals surface area contributed by atoms with Crippen molar-refractivity contribution in [3.05, 3.63) is 36.2 Å². The molecule has 84 valence electrons. The van der Waals surface area contributed by atoms with E-state index in [0.717, 1.165) is 5.69 Å². The van der Waals surface area contributed by atoms with Crippen LogP contribution in [-0.2, 0) is 0 Å². The lowest BCUT2D eigenvalue weighted by Crippen LogP contribution is -2.19. The molecule has 2 rings (SSSR count). The molecule has 17 heavy (non-hydrogen) atoms. The van der Waals surface area contributed by atoms with Gasteiger partial charge in [-0.25, -0.2) is 4.79 Å². The van der Waals surface area contributed by atoms with E-state index in [4.69, 9.17) is 7.85 Å². The third-order valence-electron chi connectivity index (χ3n) is 2.25. The van der Waals surface area contributed by atoms with Crippen LogP contribution >= 0.6 is 0 Å². The van der Waals surface area contributed by atoms with Crippen molar-refractivity contribution in [2.45, 2.75) is 6.92 Å². The molecule has 2 amide bonds. The Morgan fingerprint density at radius 2 is 2.00 bits per heavy atom. The van der Waals surface area contributed by atoms with Gasteiger partial charge >= 0.3 is 6.03 Å². The molecule has 5 nitrogen and oxygen atoms in total. The highest BCUT2D eigenvalue weighted by molar-refractivity contribution is 6.32. The van der Waals surface area contributed by atoms with Crippen molar-refractivity contribution < 1.29 is 4.79 Å². The summed E-state index contributed by atoms with van der Waals surface area (Å²) in [5.41, 5.74) is 2.79. The average molecular weight is 226 g/mol. The number of carbonyl (C=O) groups excluding carboxylic acids is 1. The minimum absolute atomic E-state index is 0.320. The van der Waals surface area contributed by atoms with Gasteiger partial charge < -0.3 is 10.6 Å². The Bertz CT molecular complexity index is 521. The molecule has 0 saturated heterocycles. The fourth-order valence-corrected chi connectivity index (χ4v) is 1.33. The SMILES string of the molecule is [B]c1ccc(NC(=O)Nc2cn[nH]c2C)cc1. The highest BCUT2D eigenvalue weighted by Gasteiger charge is 2.05. The number of urea groups is 1. The zero-order valence-corrected chi connectivity index (χ0v) is 9.32. The molecule has 0 saturated carbocycles. The predicted molar refractivity (Wildman–Crippen MR) is 67.8 cm³/mol. The lowest BCUT2D eigenvalue weighted by molar-refractivity contribution is 0.262. The number of rotatable bonds is 2. The number of hydrogen-bond donors (Lipinski definition) is 3. The van der Waals surface area contributed by atoms with Crippen LogP contribution in [0.25, 0.3) is 0 Å². The van der Waals surface area contributed by atoms with E-state index in [-0.39, 0.29) is 6.03 Å². The van der Waals surface area contributed by atoms with Gasteiger partial charge in [-0.3, -0.25) is 5.10 Å². The maximum atomic E-state index is 11.6. The maximum Gasteiger partial charge on any atom is 0.323 e. The molecular formula is C11H11BN4O. The highest BCUT2D eigenvalue weighted by Crippen LogP contribution is 2.10. The van der Waals surface area contributed by atoms with E-state index in [9.17, 15) is 4.79 Å². The number of amides is 2. The average Bonchev–Trinajstić information content (AvgIpc) is 2.68. The molecule has 1 heterocycles. The first kappa shape index (κ1) is 11.3. The van der Waals surface area contributed by atoms with Crippen molar-refractivity contribution in [1.82, 2.24) is 10.2 Å². The number of anilines is 2. The van der Waals surface area contributed by atoms with E-state index in [1.54, 1.807) is 30.5 Å². The van der Waals surface area contributed by atoms with E-state index >= 15 is 0 Å². The zero-order valence-electron chi connectivity index (χ0n) is 9.32. The Hall–Kier alpha value is -2.24. The Morgan fingerprint density at radius 3 is 2.59 bits per heavy atom. The van der Waals surface area contributed by atoms with Crippen molar-refractivity contribution in [3.8, 4) is 0 Å². The van der Waals surface area contributed by atoms with Crippen LogP contribution in [0.3, 0.4) is 0 Å². The molecule has 6 heteroatoms. The van der Waals surface area contributed by atoms with Gasteiger partial charge in [0.15, 0.2) is 0 Å². The van der Waals surface area contributed by atoms with Gasteiger partial charge in [0, 0.05) is 5.69 Å². The number of nitrogens with zero attached hydrogens (tertiary/aromatic N) is 1. The van der Waals surface area contributed by atoms with Gasteiger partial charge in [0.2, 0.25) is 0 Å². The van der Waals surface area contributed by atoms with Crippen LogP contribution in [0.15, 0.2) is 30.5 Å². The summed E-state index contributed by atoms with van der Waals surface area (Å²) >= 11 is 0. The number of nitrogens with one attached hydrogen (secondary N) is 3. The number of hydrogen-bond acceptors (Lipinski definition) is 2. The van der Waals surface area contributed by atoms with Gasteiger partial charge in [-0.2, -0.15) is 5.10 Å². The van der Waals surface area contributed by atoms with Crippen LogP contribution in [0, 0.1) is 6.92 Å². The largest absolute Gasteiger partial charge is 0.323 e. The Kier molecular flexibility index (Phi) is 3.14. The molecule has 2 radical (unpaired) electrons. The number of aromatic nitrogens is 2. The van der Waals surface area contributed by atoms with Crippen molar-refractivity contribution in [2.24, 2.45) is 0 Å². The van der Waals surface area contributed by atoms with E-state index in [1.807, 2.05) is 6.92 Å². The smallest absolute Gasteiger partial charge is 0.308 e. The normalized spacial score (nSPS) is 9.94. The summed E-state index contributed by atoms with van der Waals surface area (Å²) in [6.45, 7) is 1.83. The number of aryl methyl sites for hydroxylation is 1. The second kappa shape index (κ2) is 4.73. The monoisotopic (exact) mass is 226 g/mol. The first-order valence-electron chi connectivity index (χ1n) is 5.08. The van der Waals surface area contributed by atoms with E-state index in [0.29, 0.717) is 16.8 Å². The summed E-state index contributed by atoms with van der Waals surface area (Å²) in [6, 6.07) is 6.59. The van der Waals surface area contributed by atoms with Crippen LogP contribution < -0.4 is 16.1 Å². The fraction of sp³-hybridized carbons (Fsp3) is 0.0909. The Balaban J connectivity index is 1.98. The molecule has 0 aliphatic rings. The second-order valence-electron chi connectivity index (χ2n) is 3.61. The fourth-order valence-electron chi connectivity index (χ4n) is 1.33. The maximum absolute atomic E-state index is 11.6. The third kappa shape index (κ3) is 2.87. The van der Waals surface area contributed by atoms with E-state index < -0.39 is 0 Å². The molecule has 0 atom stereocenters. The summed E-state index contributed by atoms with van der Waals surface area (Å²) in [6.07, 6.45) is 1.55. The van der Waals surface area contributed by atoms with Crippen LogP contribution in [-0.4, -0.2) is 24.1 Å². The summed E-state index contributed by atoms with van der Waals surface area (Å²) in [5, 5.41) is 11.9. The summed E-state index contributed by atoms with van der Waals surface area (Å²) in [4.78, 5) is 11.6. The quantitative estimate of drug-likeness (QED) is 0.672. The molecule has 0 unspecified atom stereocenters. The van der Waals surface area contributed by atoms with Gasteiger partial charge in [-0.15, -0.1) is 0 Å². The van der Waals surface area contributed by atoms with Crippen molar-refractivity contribution in [3.63, 3.8) is 0 Å². The van der Waals surface area contributed by atoms with Crippen LogP contribution in [0.2, 0.25) is 0 Å². The Morgan fingerprint density at radius 1 is 1.29 bits per heavy atom. The van der Waals surface area contributed by atoms with Crippen LogP contribution in [0.4, 0.5) is 16.2 Å². The molecule has 0 fully saturated rings. The molecular weight excluding hydrogens is 215 g/mol. The first-order chi connectivity index (χ1) is 8.15. The second-order valence-corrected chi connectivity index (χ2v) is 3.61. The molecule has 0 bridgehead atoms. The number of aromatic amines is 1. The van der Waals surface area contributed by atoms with Gasteiger partial charge in [0.25, 0.3) is 0 Å². The van der Waals surface area contributed by atoms with Crippen molar-refractivity contribution in [2.75, 3.05) is 10.6 Å². The van der Waals surface area contributed by atoms with Gasteiger partial charge in [0.1, 0.15) is 7.85 Å².